The highest BCUT2D eigenvalue weighted by Gasteiger charge is 2.51. The normalized spacial score (nSPS) is 15.1. The van der Waals surface area contributed by atoms with Crippen molar-refractivity contribution in [3.63, 3.8) is 0 Å². The fraction of sp³-hybridized carbons (Fsp3) is 0.537. The first kappa shape index (κ1) is 42.6. The molecule has 0 spiro atoms. The number of rotatable bonds is 20. The van der Waals surface area contributed by atoms with E-state index in [-0.39, 0.29) is 18.3 Å². The van der Waals surface area contributed by atoms with Gasteiger partial charge in [-0.3, -0.25) is 0 Å². The molecule has 0 saturated heterocycles. The van der Waals surface area contributed by atoms with Crippen LogP contribution in [0.4, 0.5) is 0 Å². The second-order valence-corrected chi connectivity index (χ2v) is 25.5. The fourth-order valence-electron chi connectivity index (χ4n) is 5.52. The molecule has 4 atom stereocenters. The van der Waals surface area contributed by atoms with Crippen molar-refractivity contribution in [2.24, 2.45) is 5.41 Å². The van der Waals surface area contributed by atoms with Gasteiger partial charge >= 0.3 is 5.97 Å². The van der Waals surface area contributed by atoms with Crippen LogP contribution >= 0.6 is 0 Å². The van der Waals surface area contributed by atoms with Crippen LogP contribution in [0.3, 0.4) is 0 Å². The van der Waals surface area contributed by atoms with Gasteiger partial charge in [-0.15, -0.1) is 0 Å². The molecule has 0 aliphatic carbocycles. The molecule has 0 aliphatic heterocycles. The van der Waals surface area contributed by atoms with Gasteiger partial charge in [0.05, 0.1) is 52.9 Å². The summed E-state index contributed by atoms with van der Waals surface area (Å²) in [5.41, 5.74) is 2.09. The van der Waals surface area contributed by atoms with Crippen LogP contribution in [-0.2, 0) is 52.4 Å². The van der Waals surface area contributed by atoms with E-state index >= 15 is 0 Å². The number of ether oxygens (including phenoxy) is 5. The topological polar surface area (TPSA) is 81.7 Å². The van der Waals surface area contributed by atoms with E-state index in [0.717, 1.165) is 22.4 Å². The highest BCUT2D eigenvalue weighted by molar-refractivity contribution is 6.74. The van der Waals surface area contributed by atoms with E-state index in [2.05, 4.69) is 67.4 Å². The number of carbonyl (C=O) groups excluding carboxylic acids is 1. The average Bonchev–Trinajstić information content (AvgIpc) is 3.08. The van der Waals surface area contributed by atoms with Gasteiger partial charge in [-0.05, 0) is 66.6 Å². The molecule has 51 heavy (non-hydrogen) atoms. The number of hydrogen-bond donors (Lipinski definition) is 0. The molecular weight excluding hydrogens is 677 g/mol. The first-order chi connectivity index (χ1) is 23.9. The van der Waals surface area contributed by atoms with E-state index in [1.165, 1.54) is 7.11 Å². The minimum atomic E-state index is -2.30. The van der Waals surface area contributed by atoms with Crippen molar-refractivity contribution in [3.8, 4) is 5.75 Å². The molecule has 0 heterocycles. The maximum Gasteiger partial charge on any atom is 0.337 e. The Bertz CT molecular complexity index is 1450. The van der Waals surface area contributed by atoms with Crippen LogP contribution in [-0.4, -0.2) is 67.8 Å². The Hall–Kier alpha value is -2.84. The molecule has 0 aromatic heterocycles. The molecule has 3 rings (SSSR count). The third-order valence-corrected chi connectivity index (χ3v) is 15.0. The van der Waals surface area contributed by atoms with Crippen LogP contribution in [0.2, 0.25) is 37.8 Å². The SMILES string of the molecule is COC(=O)[C@H](OCc1ccccc1)[C@H](O[Si](C)(C)C)C(C)(C)[C@@H](OCc1ccc(OC)cc1)[C@H](CO[Si](C)(C)C(C)(C)C)OCc1ccccc1. The maximum absolute atomic E-state index is 13.7. The Morgan fingerprint density at radius 1 is 0.647 bits per heavy atom. The number of benzene rings is 3. The zero-order valence-corrected chi connectivity index (χ0v) is 35.0. The molecular formula is C41H62O8Si2. The van der Waals surface area contributed by atoms with Crippen molar-refractivity contribution < 1.29 is 37.3 Å². The van der Waals surface area contributed by atoms with Gasteiger partial charge in [0.25, 0.3) is 0 Å². The molecule has 0 aliphatic rings. The highest BCUT2D eigenvalue weighted by atomic mass is 28.4. The lowest BCUT2D eigenvalue weighted by Gasteiger charge is -2.48. The Morgan fingerprint density at radius 3 is 1.61 bits per heavy atom. The van der Waals surface area contributed by atoms with Crippen LogP contribution in [0.25, 0.3) is 0 Å². The van der Waals surface area contributed by atoms with Gasteiger partial charge in [0.15, 0.2) is 22.7 Å². The first-order valence-corrected chi connectivity index (χ1v) is 24.1. The molecule has 3 aromatic carbocycles. The summed E-state index contributed by atoms with van der Waals surface area (Å²) in [6.45, 7) is 22.8. The fourth-order valence-corrected chi connectivity index (χ4v) is 7.72. The van der Waals surface area contributed by atoms with Gasteiger partial charge < -0.3 is 32.5 Å². The molecule has 0 N–H and O–H groups in total. The number of hydrogen-bond acceptors (Lipinski definition) is 8. The molecule has 0 amide bonds. The van der Waals surface area contributed by atoms with Crippen LogP contribution in [0.15, 0.2) is 84.9 Å². The molecule has 282 valence electrons. The van der Waals surface area contributed by atoms with Gasteiger partial charge in [0.2, 0.25) is 0 Å². The summed E-state index contributed by atoms with van der Waals surface area (Å²) in [4.78, 5) is 13.7. The predicted molar refractivity (Wildman–Crippen MR) is 209 cm³/mol. The van der Waals surface area contributed by atoms with Gasteiger partial charge in [0, 0.05) is 5.41 Å². The largest absolute Gasteiger partial charge is 0.497 e. The van der Waals surface area contributed by atoms with Gasteiger partial charge in [-0.1, -0.05) is 107 Å². The summed E-state index contributed by atoms with van der Waals surface area (Å²) in [6, 6.07) is 27.7. The average molecular weight is 739 g/mol. The molecule has 8 nitrogen and oxygen atoms in total. The van der Waals surface area contributed by atoms with Crippen molar-refractivity contribution in [3.05, 3.63) is 102 Å². The van der Waals surface area contributed by atoms with Crippen LogP contribution in [0.1, 0.15) is 51.3 Å². The van der Waals surface area contributed by atoms with Gasteiger partial charge in [-0.2, -0.15) is 0 Å². The Labute approximate surface area is 309 Å². The summed E-state index contributed by atoms with van der Waals surface area (Å²) in [5, 5.41) is -0.0172. The van der Waals surface area contributed by atoms with Crippen molar-refractivity contribution in [1.82, 2.24) is 0 Å². The zero-order chi connectivity index (χ0) is 37.9. The van der Waals surface area contributed by atoms with Gasteiger partial charge in [-0.25, -0.2) is 4.79 Å². The molecule has 0 unspecified atom stereocenters. The lowest BCUT2D eigenvalue weighted by atomic mass is 9.76. The quantitative estimate of drug-likeness (QED) is 0.0839. The Kier molecular flexibility index (Phi) is 15.7. The first-order valence-electron chi connectivity index (χ1n) is 17.8. The van der Waals surface area contributed by atoms with Crippen LogP contribution in [0.5, 0.6) is 5.75 Å². The maximum atomic E-state index is 13.7. The third kappa shape index (κ3) is 13.0. The lowest BCUT2D eigenvalue weighted by molar-refractivity contribution is -0.197. The summed E-state index contributed by atoms with van der Waals surface area (Å²) in [5.74, 6) is 0.262. The third-order valence-electron chi connectivity index (χ3n) is 9.58. The molecule has 0 fully saturated rings. The van der Waals surface area contributed by atoms with Crippen LogP contribution in [0, 0.1) is 5.41 Å². The monoisotopic (exact) mass is 738 g/mol. The zero-order valence-electron chi connectivity index (χ0n) is 33.0. The van der Waals surface area contributed by atoms with Crippen molar-refractivity contribution >= 4 is 22.6 Å². The summed E-state index contributed by atoms with van der Waals surface area (Å²) < 4.78 is 44.9. The molecule has 0 saturated carbocycles. The second kappa shape index (κ2) is 18.8. The van der Waals surface area contributed by atoms with E-state index in [4.69, 9.17) is 32.5 Å². The second-order valence-electron chi connectivity index (χ2n) is 16.2. The summed E-state index contributed by atoms with van der Waals surface area (Å²) in [6.07, 6.45) is -2.94. The van der Waals surface area contributed by atoms with E-state index in [9.17, 15) is 4.79 Å². The lowest BCUT2D eigenvalue weighted by Crippen LogP contribution is -2.59. The van der Waals surface area contributed by atoms with E-state index in [1.807, 2.05) is 84.9 Å². The number of carbonyl (C=O) groups is 1. The van der Waals surface area contributed by atoms with Crippen LogP contribution < -0.4 is 4.74 Å². The summed E-state index contributed by atoms with van der Waals surface area (Å²) >= 11 is 0. The Balaban J connectivity index is 2.14. The minimum absolute atomic E-state index is 0.0172. The number of methoxy groups -OCH3 is 2. The standard InChI is InChI=1S/C41H62O8Si2/c1-40(2,3)51(11,12)48-30-35(45-27-31-19-15-13-16-20-31)37(47-29-33-23-25-34(43-6)26-24-33)41(4,5)38(49-50(8,9)10)36(39(42)44-7)46-28-32-21-17-14-18-22-32/h13-26,35-38H,27-30H2,1-12H3/t35-,36+,37-,38-/m0/s1. The molecule has 10 heteroatoms. The molecule has 0 bridgehead atoms. The summed E-state index contributed by atoms with van der Waals surface area (Å²) in [7, 11) is -1.48. The number of esters is 1. The predicted octanol–water partition coefficient (Wildman–Crippen LogP) is 9.19. The van der Waals surface area contributed by atoms with E-state index in [0.29, 0.717) is 13.2 Å². The van der Waals surface area contributed by atoms with E-state index in [1.54, 1.807) is 7.11 Å². The van der Waals surface area contributed by atoms with Gasteiger partial charge in [0.1, 0.15) is 11.9 Å². The van der Waals surface area contributed by atoms with Crippen molar-refractivity contribution in [1.29, 1.82) is 0 Å². The van der Waals surface area contributed by atoms with Crippen molar-refractivity contribution in [2.45, 2.75) is 117 Å². The molecule has 0 radical (unpaired) electrons. The van der Waals surface area contributed by atoms with E-state index < -0.39 is 52.4 Å². The molecule has 3 aromatic rings. The van der Waals surface area contributed by atoms with Crippen molar-refractivity contribution in [2.75, 3.05) is 20.8 Å². The minimum Gasteiger partial charge on any atom is -0.497 e. The smallest absolute Gasteiger partial charge is 0.337 e. The highest BCUT2D eigenvalue weighted by Crippen LogP contribution is 2.41. The Morgan fingerprint density at radius 2 is 1.14 bits per heavy atom.